The van der Waals surface area contributed by atoms with Gasteiger partial charge in [-0.1, -0.05) is 31.2 Å². The predicted molar refractivity (Wildman–Crippen MR) is 95.3 cm³/mol. The number of nitrogens with one attached hydrogen (secondary N) is 2. The Morgan fingerprint density at radius 2 is 1.96 bits per heavy atom. The lowest BCUT2D eigenvalue weighted by Crippen LogP contribution is -2.17. The molecule has 2 rings (SSSR count). The van der Waals surface area contributed by atoms with Crippen molar-refractivity contribution in [3.63, 3.8) is 0 Å². The maximum absolute atomic E-state index is 12.0. The van der Waals surface area contributed by atoms with E-state index in [-0.39, 0.29) is 5.91 Å². The number of anilines is 2. The third-order valence-corrected chi connectivity index (χ3v) is 3.75. The highest BCUT2D eigenvalue weighted by molar-refractivity contribution is 5.91. The third-order valence-electron chi connectivity index (χ3n) is 3.75. The second kappa shape index (κ2) is 8.22. The van der Waals surface area contributed by atoms with Gasteiger partial charge in [0.05, 0.1) is 7.11 Å². The molecule has 0 unspecified atom stereocenters. The molecular weight excluding hydrogens is 288 g/mol. The van der Waals surface area contributed by atoms with Crippen LogP contribution in [-0.4, -0.2) is 19.6 Å². The lowest BCUT2D eigenvalue weighted by atomic mass is 10.1. The second-order valence-electron chi connectivity index (χ2n) is 5.42. The molecular formula is C19H24N2O2. The molecule has 2 N–H and O–H groups in total. The second-order valence-corrected chi connectivity index (χ2v) is 5.42. The highest BCUT2D eigenvalue weighted by Crippen LogP contribution is 2.21. The van der Waals surface area contributed by atoms with Crippen molar-refractivity contribution in [3.8, 4) is 5.75 Å². The van der Waals surface area contributed by atoms with Crippen LogP contribution in [0.15, 0.2) is 42.5 Å². The summed E-state index contributed by atoms with van der Waals surface area (Å²) in [6, 6.07) is 13.6. The number of amides is 1. The van der Waals surface area contributed by atoms with Crippen molar-refractivity contribution in [2.24, 2.45) is 0 Å². The van der Waals surface area contributed by atoms with Crippen molar-refractivity contribution in [2.45, 2.75) is 26.7 Å². The number of hydrogen-bond donors (Lipinski definition) is 2. The van der Waals surface area contributed by atoms with Crippen molar-refractivity contribution < 1.29 is 9.53 Å². The summed E-state index contributed by atoms with van der Waals surface area (Å²) in [5.74, 6) is 0.714. The van der Waals surface area contributed by atoms with E-state index in [1.54, 1.807) is 7.11 Å². The van der Waals surface area contributed by atoms with Gasteiger partial charge in [-0.15, -0.1) is 0 Å². The maximum Gasteiger partial charge on any atom is 0.226 e. The van der Waals surface area contributed by atoms with E-state index >= 15 is 0 Å². The van der Waals surface area contributed by atoms with Gasteiger partial charge >= 0.3 is 0 Å². The normalized spacial score (nSPS) is 10.2. The fraction of sp³-hybridized carbons (Fsp3) is 0.316. The van der Waals surface area contributed by atoms with E-state index in [1.165, 1.54) is 11.1 Å². The molecule has 0 atom stereocenters. The summed E-state index contributed by atoms with van der Waals surface area (Å²) in [7, 11) is 1.61. The Labute approximate surface area is 137 Å². The molecule has 0 fully saturated rings. The average molecular weight is 312 g/mol. The quantitative estimate of drug-likeness (QED) is 0.812. The van der Waals surface area contributed by atoms with Gasteiger partial charge in [0.2, 0.25) is 5.91 Å². The molecule has 0 heterocycles. The number of benzene rings is 2. The van der Waals surface area contributed by atoms with E-state index in [2.05, 4.69) is 42.7 Å². The molecule has 2 aromatic carbocycles. The van der Waals surface area contributed by atoms with E-state index in [0.717, 1.165) is 23.5 Å². The van der Waals surface area contributed by atoms with Crippen LogP contribution in [0.1, 0.15) is 24.5 Å². The molecule has 4 heteroatoms. The summed E-state index contributed by atoms with van der Waals surface area (Å²) in [4.78, 5) is 12.0. The van der Waals surface area contributed by atoms with Gasteiger partial charge in [0.15, 0.2) is 0 Å². The minimum atomic E-state index is -0.0163. The van der Waals surface area contributed by atoms with Crippen LogP contribution in [0.25, 0.3) is 0 Å². The van der Waals surface area contributed by atoms with Crippen molar-refractivity contribution in [3.05, 3.63) is 53.6 Å². The molecule has 0 aromatic heterocycles. The maximum atomic E-state index is 12.0. The molecule has 122 valence electrons. The molecule has 0 aliphatic rings. The van der Waals surface area contributed by atoms with Gasteiger partial charge < -0.3 is 15.4 Å². The molecule has 0 bridgehead atoms. The lowest BCUT2D eigenvalue weighted by molar-refractivity contribution is -0.115. The molecule has 4 nitrogen and oxygen atoms in total. The summed E-state index contributed by atoms with van der Waals surface area (Å²) in [5, 5.41) is 6.27. The van der Waals surface area contributed by atoms with E-state index < -0.39 is 0 Å². The van der Waals surface area contributed by atoms with Gasteiger partial charge in [0, 0.05) is 30.4 Å². The van der Waals surface area contributed by atoms with Crippen molar-refractivity contribution in [1.29, 1.82) is 0 Å². The fourth-order valence-corrected chi connectivity index (χ4v) is 2.50. The number of rotatable bonds is 7. The molecule has 0 radical (unpaired) electrons. The number of carbonyl (C=O) groups excluding carboxylic acids is 1. The Bertz CT molecular complexity index is 668. The van der Waals surface area contributed by atoms with E-state index in [1.807, 2.05) is 24.3 Å². The molecule has 0 spiro atoms. The molecule has 0 saturated heterocycles. The van der Waals surface area contributed by atoms with Gasteiger partial charge in [-0.25, -0.2) is 0 Å². The standard InChI is InChI=1S/C19H24N2O2/c1-4-15-8-5-7-14(2)19(15)20-12-11-18(22)21-16-9-6-10-17(13-16)23-3/h5-10,13,20H,4,11-12H2,1-3H3,(H,21,22). The Hall–Kier alpha value is -2.49. The predicted octanol–water partition coefficient (Wildman–Crippen LogP) is 4.01. The molecule has 2 aromatic rings. The summed E-state index contributed by atoms with van der Waals surface area (Å²) < 4.78 is 5.15. The molecule has 1 amide bonds. The Balaban J connectivity index is 1.88. The smallest absolute Gasteiger partial charge is 0.226 e. The first-order valence-corrected chi connectivity index (χ1v) is 7.90. The zero-order valence-corrected chi connectivity index (χ0v) is 14.0. The molecule has 0 aliphatic carbocycles. The summed E-state index contributed by atoms with van der Waals surface area (Å²) >= 11 is 0. The van der Waals surface area contributed by atoms with Gasteiger partial charge in [-0.3, -0.25) is 4.79 Å². The van der Waals surface area contributed by atoms with Crippen LogP contribution in [0.2, 0.25) is 0 Å². The van der Waals surface area contributed by atoms with Gasteiger partial charge in [-0.05, 0) is 36.6 Å². The minimum Gasteiger partial charge on any atom is -0.497 e. The van der Waals surface area contributed by atoms with Gasteiger partial charge in [0.25, 0.3) is 0 Å². The van der Waals surface area contributed by atoms with Crippen LogP contribution in [0.5, 0.6) is 5.75 Å². The van der Waals surface area contributed by atoms with Gasteiger partial charge in [0.1, 0.15) is 5.75 Å². The number of aryl methyl sites for hydroxylation is 2. The number of methoxy groups -OCH3 is 1. The van der Waals surface area contributed by atoms with E-state index in [4.69, 9.17) is 4.74 Å². The van der Waals surface area contributed by atoms with E-state index in [0.29, 0.717) is 13.0 Å². The van der Waals surface area contributed by atoms with Crippen LogP contribution < -0.4 is 15.4 Å². The van der Waals surface area contributed by atoms with Crippen LogP contribution in [-0.2, 0) is 11.2 Å². The number of ether oxygens (including phenoxy) is 1. The van der Waals surface area contributed by atoms with Crippen LogP contribution in [0.4, 0.5) is 11.4 Å². The fourth-order valence-electron chi connectivity index (χ4n) is 2.50. The topological polar surface area (TPSA) is 50.4 Å². The van der Waals surface area contributed by atoms with Crippen molar-refractivity contribution in [1.82, 2.24) is 0 Å². The third kappa shape index (κ3) is 4.74. The summed E-state index contributed by atoms with van der Waals surface area (Å²) in [6.07, 6.45) is 1.38. The molecule has 23 heavy (non-hydrogen) atoms. The number of hydrogen-bond acceptors (Lipinski definition) is 3. The monoisotopic (exact) mass is 312 g/mol. The highest BCUT2D eigenvalue weighted by Gasteiger charge is 2.06. The van der Waals surface area contributed by atoms with E-state index in [9.17, 15) is 4.79 Å². The number of para-hydroxylation sites is 1. The zero-order valence-electron chi connectivity index (χ0n) is 14.0. The average Bonchev–Trinajstić information content (AvgIpc) is 2.56. The highest BCUT2D eigenvalue weighted by atomic mass is 16.5. The SMILES string of the molecule is CCc1cccc(C)c1NCCC(=O)Nc1cccc(OC)c1. The van der Waals surface area contributed by atoms with Crippen molar-refractivity contribution in [2.75, 3.05) is 24.3 Å². The summed E-state index contributed by atoms with van der Waals surface area (Å²) in [5.41, 5.74) is 4.37. The van der Waals surface area contributed by atoms with Crippen LogP contribution in [0, 0.1) is 6.92 Å². The molecule has 0 aliphatic heterocycles. The number of carbonyl (C=O) groups is 1. The first-order chi connectivity index (χ1) is 11.1. The Morgan fingerprint density at radius 3 is 2.70 bits per heavy atom. The van der Waals surface area contributed by atoms with Crippen molar-refractivity contribution >= 4 is 17.3 Å². The van der Waals surface area contributed by atoms with Gasteiger partial charge in [-0.2, -0.15) is 0 Å². The van der Waals surface area contributed by atoms with Crippen LogP contribution in [0.3, 0.4) is 0 Å². The first-order valence-electron chi connectivity index (χ1n) is 7.90. The zero-order chi connectivity index (χ0) is 16.7. The minimum absolute atomic E-state index is 0.0163. The van der Waals surface area contributed by atoms with Crippen LogP contribution >= 0.6 is 0 Å². The lowest BCUT2D eigenvalue weighted by Gasteiger charge is -2.14. The Morgan fingerprint density at radius 1 is 1.17 bits per heavy atom. The molecule has 0 saturated carbocycles. The summed E-state index contributed by atoms with van der Waals surface area (Å²) in [6.45, 7) is 4.82. The largest absolute Gasteiger partial charge is 0.497 e. The first kappa shape index (κ1) is 16.9. The Kier molecular flexibility index (Phi) is 6.03.